The second kappa shape index (κ2) is 9.74. The lowest BCUT2D eigenvalue weighted by atomic mass is 9.96. The SMILES string of the molecule is Cl.O=C(COc1ccc(C(F)(F)F)cc1)NCCC1CCCNC1. The van der Waals surface area contributed by atoms with E-state index in [2.05, 4.69) is 10.6 Å². The number of alkyl halides is 3. The monoisotopic (exact) mass is 366 g/mol. The Morgan fingerprint density at radius 1 is 1.29 bits per heavy atom. The van der Waals surface area contributed by atoms with Crippen molar-refractivity contribution in [1.29, 1.82) is 0 Å². The lowest BCUT2D eigenvalue weighted by molar-refractivity contribution is -0.137. The van der Waals surface area contributed by atoms with E-state index in [4.69, 9.17) is 4.74 Å². The molecule has 0 aliphatic carbocycles. The molecule has 1 aliphatic heterocycles. The fourth-order valence-corrected chi connectivity index (χ4v) is 2.53. The highest BCUT2D eigenvalue weighted by Crippen LogP contribution is 2.30. The van der Waals surface area contributed by atoms with E-state index in [0.29, 0.717) is 12.5 Å². The maximum atomic E-state index is 12.4. The summed E-state index contributed by atoms with van der Waals surface area (Å²) in [5.74, 6) is 0.554. The van der Waals surface area contributed by atoms with Crippen molar-refractivity contribution in [3.63, 3.8) is 0 Å². The molecular weight excluding hydrogens is 345 g/mol. The summed E-state index contributed by atoms with van der Waals surface area (Å²) in [6, 6.07) is 4.29. The summed E-state index contributed by atoms with van der Waals surface area (Å²) in [6.07, 6.45) is -1.12. The Kier molecular flexibility index (Phi) is 8.35. The molecule has 1 heterocycles. The predicted molar refractivity (Wildman–Crippen MR) is 87.4 cm³/mol. The maximum absolute atomic E-state index is 12.4. The number of piperidine rings is 1. The van der Waals surface area contributed by atoms with Crippen molar-refractivity contribution in [1.82, 2.24) is 10.6 Å². The van der Waals surface area contributed by atoms with Crippen LogP contribution in [-0.4, -0.2) is 32.1 Å². The van der Waals surface area contributed by atoms with Gasteiger partial charge >= 0.3 is 6.18 Å². The van der Waals surface area contributed by atoms with Gasteiger partial charge in [-0.25, -0.2) is 0 Å². The van der Waals surface area contributed by atoms with Crippen LogP contribution in [0.4, 0.5) is 13.2 Å². The third kappa shape index (κ3) is 6.97. The molecule has 0 saturated carbocycles. The van der Waals surface area contributed by atoms with Crippen molar-refractivity contribution in [2.24, 2.45) is 5.92 Å². The Balaban J connectivity index is 0.00000288. The molecule has 1 aliphatic rings. The Labute approximate surface area is 145 Å². The summed E-state index contributed by atoms with van der Waals surface area (Å²) < 4.78 is 42.4. The van der Waals surface area contributed by atoms with Crippen molar-refractivity contribution in [3.8, 4) is 5.75 Å². The molecule has 2 rings (SSSR count). The van der Waals surface area contributed by atoms with Crippen LogP contribution >= 0.6 is 12.4 Å². The summed E-state index contributed by atoms with van der Waals surface area (Å²) in [6.45, 7) is 2.43. The Bertz CT molecular complexity index is 503. The molecule has 1 saturated heterocycles. The van der Waals surface area contributed by atoms with E-state index in [0.717, 1.165) is 38.1 Å². The number of ether oxygens (including phenoxy) is 1. The van der Waals surface area contributed by atoms with Gasteiger partial charge < -0.3 is 15.4 Å². The molecule has 1 aromatic carbocycles. The fraction of sp³-hybridized carbons (Fsp3) is 0.562. The van der Waals surface area contributed by atoms with E-state index in [1.807, 2.05) is 0 Å². The number of hydrogen-bond acceptors (Lipinski definition) is 3. The van der Waals surface area contributed by atoms with Gasteiger partial charge in [-0.1, -0.05) is 0 Å². The Hall–Kier alpha value is -1.47. The number of rotatable bonds is 6. The molecular formula is C16H22ClF3N2O2. The standard InChI is InChI=1S/C16H21F3N2O2.ClH/c17-16(18,19)13-3-5-14(6-4-13)23-11-15(22)21-9-7-12-2-1-8-20-10-12;/h3-6,12,20H,1-2,7-11H2,(H,21,22);1H. The van der Waals surface area contributed by atoms with Gasteiger partial charge in [0.25, 0.3) is 5.91 Å². The van der Waals surface area contributed by atoms with Gasteiger partial charge in [0.2, 0.25) is 0 Å². The van der Waals surface area contributed by atoms with Crippen molar-refractivity contribution < 1.29 is 22.7 Å². The first-order valence-corrected chi connectivity index (χ1v) is 7.72. The van der Waals surface area contributed by atoms with E-state index < -0.39 is 11.7 Å². The molecule has 1 atom stereocenters. The van der Waals surface area contributed by atoms with Crippen LogP contribution in [0.5, 0.6) is 5.75 Å². The van der Waals surface area contributed by atoms with Gasteiger partial charge in [-0.15, -0.1) is 12.4 Å². The molecule has 4 nitrogen and oxygen atoms in total. The Morgan fingerprint density at radius 3 is 2.58 bits per heavy atom. The molecule has 0 aromatic heterocycles. The van der Waals surface area contributed by atoms with Gasteiger partial charge in [-0.3, -0.25) is 4.79 Å². The summed E-state index contributed by atoms with van der Waals surface area (Å²) in [4.78, 5) is 11.7. The van der Waals surface area contributed by atoms with Crippen molar-refractivity contribution in [2.45, 2.75) is 25.4 Å². The van der Waals surface area contributed by atoms with Crippen LogP contribution < -0.4 is 15.4 Å². The number of amides is 1. The second-order valence-electron chi connectivity index (χ2n) is 5.66. The van der Waals surface area contributed by atoms with Gasteiger partial charge in [-0.2, -0.15) is 13.2 Å². The highest BCUT2D eigenvalue weighted by Gasteiger charge is 2.30. The molecule has 1 unspecified atom stereocenters. The molecule has 8 heteroatoms. The van der Waals surface area contributed by atoms with Crippen LogP contribution in [0.1, 0.15) is 24.8 Å². The fourth-order valence-electron chi connectivity index (χ4n) is 2.53. The summed E-state index contributed by atoms with van der Waals surface area (Å²) in [5.41, 5.74) is -0.740. The largest absolute Gasteiger partial charge is 0.484 e. The zero-order valence-electron chi connectivity index (χ0n) is 13.2. The smallest absolute Gasteiger partial charge is 0.416 e. The zero-order valence-corrected chi connectivity index (χ0v) is 14.0. The minimum absolute atomic E-state index is 0. The first kappa shape index (κ1) is 20.6. The van der Waals surface area contributed by atoms with Crippen LogP contribution in [0.2, 0.25) is 0 Å². The van der Waals surface area contributed by atoms with E-state index in [-0.39, 0.29) is 30.7 Å². The molecule has 24 heavy (non-hydrogen) atoms. The summed E-state index contributed by atoms with van der Waals surface area (Å²) >= 11 is 0. The molecule has 0 bridgehead atoms. The van der Waals surface area contributed by atoms with Gasteiger partial charge in [0.15, 0.2) is 6.61 Å². The number of carbonyl (C=O) groups excluding carboxylic acids is 1. The number of nitrogens with one attached hydrogen (secondary N) is 2. The quantitative estimate of drug-likeness (QED) is 0.813. The van der Waals surface area contributed by atoms with E-state index in [9.17, 15) is 18.0 Å². The summed E-state index contributed by atoms with van der Waals surface area (Å²) in [7, 11) is 0. The van der Waals surface area contributed by atoms with Gasteiger partial charge in [-0.05, 0) is 62.5 Å². The van der Waals surface area contributed by atoms with E-state index in [1.54, 1.807) is 0 Å². The van der Waals surface area contributed by atoms with Crippen molar-refractivity contribution >= 4 is 18.3 Å². The van der Waals surface area contributed by atoms with Crippen molar-refractivity contribution in [2.75, 3.05) is 26.2 Å². The molecule has 0 spiro atoms. The second-order valence-corrected chi connectivity index (χ2v) is 5.66. The first-order valence-electron chi connectivity index (χ1n) is 7.72. The first-order chi connectivity index (χ1) is 10.9. The average molecular weight is 367 g/mol. The normalized spacial score (nSPS) is 17.7. The van der Waals surface area contributed by atoms with Crippen LogP contribution in [0.25, 0.3) is 0 Å². The zero-order chi connectivity index (χ0) is 16.7. The van der Waals surface area contributed by atoms with Crippen LogP contribution in [-0.2, 0) is 11.0 Å². The van der Waals surface area contributed by atoms with Crippen LogP contribution in [0, 0.1) is 5.92 Å². The molecule has 1 aromatic rings. The van der Waals surface area contributed by atoms with E-state index >= 15 is 0 Å². The topological polar surface area (TPSA) is 50.4 Å². The molecule has 1 fully saturated rings. The van der Waals surface area contributed by atoms with Gasteiger partial charge in [0.05, 0.1) is 5.56 Å². The number of benzene rings is 1. The number of carbonyl (C=O) groups is 1. The molecule has 1 amide bonds. The highest BCUT2D eigenvalue weighted by atomic mass is 35.5. The number of halogens is 4. The molecule has 136 valence electrons. The maximum Gasteiger partial charge on any atom is 0.416 e. The van der Waals surface area contributed by atoms with Crippen LogP contribution in [0.15, 0.2) is 24.3 Å². The lowest BCUT2D eigenvalue weighted by Gasteiger charge is -2.22. The van der Waals surface area contributed by atoms with Gasteiger partial charge in [0, 0.05) is 6.54 Å². The average Bonchev–Trinajstić information content (AvgIpc) is 2.53. The third-order valence-corrected chi connectivity index (χ3v) is 3.83. The van der Waals surface area contributed by atoms with Crippen LogP contribution in [0.3, 0.4) is 0 Å². The summed E-state index contributed by atoms with van der Waals surface area (Å²) in [5, 5.41) is 6.08. The van der Waals surface area contributed by atoms with Gasteiger partial charge in [0.1, 0.15) is 5.75 Å². The third-order valence-electron chi connectivity index (χ3n) is 3.83. The highest BCUT2D eigenvalue weighted by molar-refractivity contribution is 5.85. The minimum atomic E-state index is -4.37. The number of hydrogen-bond donors (Lipinski definition) is 2. The minimum Gasteiger partial charge on any atom is -0.484 e. The van der Waals surface area contributed by atoms with E-state index in [1.165, 1.54) is 18.6 Å². The Morgan fingerprint density at radius 2 is 2.00 bits per heavy atom. The predicted octanol–water partition coefficient (Wildman–Crippen LogP) is 3.01. The van der Waals surface area contributed by atoms with Crippen molar-refractivity contribution in [3.05, 3.63) is 29.8 Å². The molecule has 2 N–H and O–H groups in total. The lowest BCUT2D eigenvalue weighted by Crippen LogP contribution is -2.34. The molecule has 0 radical (unpaired) electrons.